The van der Waals surface area contributed by atoms with Crippen LogP contribution in [0.4, 0.5) is 4.79 Å². The highest BCUT2D eigenvalue weighted by molar-refractivity contribution is 6.51. The Bertz CT molecular complexity index is 1040. The molecule has 1 aliphatic heterocycles. The zero-order valence-electron chi connectivity index (χ0n) is 24.3. The number of methoxy groups -OCH3 is 1. The second kappa shape index (κ2) is 11.6. The lowest BCUT2D eigenvalue weighted by Gasteiger charge is -2.38. The number of rotatable bonds is 11. The van der Waals surface area contributed by atoms with Crippen LogP contribution < -0.4 is 21.7 Å². The highest BCUT2D eigenvalue weighted by Gasteiger charge is 2.74. The van der Waals surface area contributed by atoms with Gasteiger partial charge < -0.3 is 31.3 Å². The summed E-state index contributed by atoms with van der Waals surface area (Å²) in [5, 5.41) is 8.35. The maximum atomic E-state index is 14.0. The molecule has 5 N–H and O–H groups in total. The highest BCUT2D eigenvalue weighted by Crippen LogP contribution is 2.65. The minimum absolute atomic E-state index is 0.107. The SMILES string of the molecule is COC[C@@H](NC(=O)N[C@H](C(=O)N1C[C@H]2[C@@H]([C@H]1C(=O)N[C@@H](CC1CC1)C(=O)C(N)=O)C2(Cl)Cl)C(C)(C)C)C(C)(C)C. The lowest BCUT2D eigenvalue weighted by Crippen LogP contribution is -2.62. The second-order valence-corrected chi connectivity index (χ2v) is 14.9. The van der Waals surface area contributed by atoms with Crippen LogP contribution in [0.2, 0.25) is 0 Å². The van der Waals surface area contributed by atoms with E-state index in [-0.39, 0.29) is 42.9 Å². The maximum absolute atomic E-state index is 14.0. The first kappa shape index (κ1) is 32.4. The van der Waals surface area contributed by atoms with Gasteiger partial charge in [0.05, 0.1) is 18.7 Å². The summed E-state index contributed by atoms with van der Waals surface area (Å²) in [5.41, 5.74) is 4.20. The predicted molar refractivity (Wildman–Crippen MR) is 150 cm³/mol. The fraction of sp³-hybridized carbons (Fsp3) is 0.815. The number of halogens is 2. The molecule has 2 saturated carbocycles. The van der Waals surface area contributed by atoms with Crippen LogP contribution in [-0.4, -0.2) is 83.2 Å². The number of alkyl halides is 2. The number of likely N-dealkylation sites (tertiary alicyclic amines) is 1. The number of nitrogens with two attached hydrogens (primary N) is 1. The van der Waals surface area contributed by atoms with Gasteiger partial charge in [0.15, 0.2) is 0 Å². The lowest BCUT2D eigenvalue weighted by molar-refractivity contribution is -0.144. The summed E-state index contributed by atoms with van der Waals surface area (Å²) in [6.45, 7) is 11.7. The van der Waals surface area contributed by atoms with Crippen molar-refractivity contribution in [2.75, 3.05) is 20.3 Å². The number of piperidine rings is 1. The Morgan fingerprint density at radius 1 is 1.00 bits per heavy atom. The van der Waals surface area contributed by atoms with E-state index in [9.17, 15) is 24.0 Å². The number of carbonyl (C=O) groups is 5. The van der Waals surface area contributed by atoms with Crippen molar-refractivity contribution in [2.45, 2.75) is 89.3 Å². The topological polar surface area (TPSA) is 160 Å². The Morgan fingerprint density at radius 3 is 2.08 bits per heavy atom. The minimum Gasteiger partial charge on any atom is -0.383 e. The van der Waals surface area contributed by atoms with Crippen LogP contribution in [-0.2, 0) is 23.9 Å². The summed E-state index contributed by atoms with van der Waals surface area (Å²) in [5.74, 6) is -3.83. The normalized spacial score (nSPS) is 25.7. The third-order valence-corrected chi connectivity index (χ3v) is 9.16. The Balaban J connectivity index is 1.82. The highest BCUT2D eigenvalue weighted by atomic mass is 35.5. The van der Waals surface area contributed by atoms with Gasteiger partial charge in [0, 0.05) is 25.5 Å². The number of fused-ring (bicyclic) bond motifs is 1. The van der Waals surface area contributed by atoms with Gasteiger partial charge in [-0.3, -0.25) is 19.2 Å². The van der Waals surface area contributed by atoms with Crippen LogP contribution in [0.3, 0.4) is 0 Å². The minimum atomic E-state index is -1.21. The van der Waals surface area contributed by atoms with E-state index in [1.165, 1.54) is 4.90 Å². The number of hydrogen-bond donors (Lipinski definition) is 4. The first-order chi connectivity index (χ1) is 18.3. The molecule has 0 spiro atoms. The largest absolute Gasteiger partial charge is 0.383 e. The fourth-order valence-corrected chi connectivity index (χ4v) is 6.13. The zero-order chi connectivity index (χ0) is 30.4. The van der Waals surface area contributed by atoms with Crippen molar-refractivity contribution >= 4 is 52.7 Å². The molecule has 0 aromatic carbocycles. The van der Waals surface area contributed by atoms with E-state index in [4.69, 9.17) is 33.7 Å². The Morgan fingerprint density at radius 2 is 1.60 bits per heavy atom. The van der Waals surface area contributed by atoms with Crippen LogP contribution >= 0.6 is 23.2 Å². The van der Waals surface area contributed by atoms with E-state index in [1.54, 1.807) is 7.11 Å². The summed E-state index contributed by atoms with van der Waals surface area (Å²) >= 11 is 12.9. The molecule has 5 amide bonds. The van der Waals surface area contributed by atoms with E-state index >= 15 is 0 Å². The third-order valence-electron chi connectivity index (χ3n) is 8.10. The molecule has 0 unspecified atom stereocenters. The number of carbonyl (C=O) groups excluding carboxylic acids is 5. The number of nitrogens with zero attached hydrogens (tertiary/aromatic N) is 1. The van der Waals surface area contributed by atoms with Gasteiger partial charge in [-0.2, -0.15) is 0 Å². The number of primary amides is 1. The molecule has 13 heteroatoms. The first-order valence-corrected chi connectivity index (χ1v) is 14.4. The molecule has 0 bridgehead atoms. The average molecular weight is 605 g/mol. The molecular weight excluding hydrogens is 561 g/mol. The fourth-order valence-electron chi connectivity index (χ4n) is 5.30. The molecule has 1 saturated heterocycles. The molecule has 3 aliphatic rings. The van der Waals surface area contributed by atoms with E-state index < -0.39 is 63.3 Å². The molecule has 40 heavy (non-hydrogen) atoms. The third kappa shape index (κ3) is 7.20. The van der Waals surface area contributed by atoms with Gasteiger partial charge in [-0.1, -0.05) is 54.4 Å². The monoisotopic (exact) mass is 603 g/mol. The average Bonchev–Trinajstić information content (AvgIpc) is 3.67. The summed E-state index contributed by atoms with van der Waals surface area (Å²) < 4.78 is 4.05. The van der Waals surface area contributed by atoms with Gasteiger partial charge in [-0.05, 0) is 23.2 Å². The number of amides is 5. The second-order valence-electron chi connectivity index (χ2n) is 13.5. The van der Waals surface area contributed by atoms with Gasteiger partial charge in [0.2, 0.25) is 17.6 Å². The zero-order valence-corrected chi connectivity index (χ0v) is 25.8. The number of ketones is 1. The molecular formula is C27H43Cl2N5O6. The van der Waals surface area contributed by atoms with Gasteiger partial charge in [-0.15, -0.1) is 23.2 Å². The Hall–Kier alpha value is -2.11. The summed E-state index contributed by atoms with van der Waals surface area (Å²) in [4.78, 5) is 66.2. The summed E-state index contributed by atoms with van der Waals surface area (Å²) in [7, 11) is 1.55. The number of nitrogens with one attached hydrogen (secondary N) is 3. The van der Waals surface area contributed by atoms with Gasteiger partial charge in [0.1, 0.15) is 16.4 Å². The number of urea groups is 1. The van der Waals surface area contributed by atoms with Crippen molar-refractivity contribution in [3.8, 4) is 0 Å². The van der Waals surface area contributed by atoms with Crippen molar-refractivity contribution in [1.29, 1.82) is 0 Å². The molecule has 2 aliphatic carbocycles. The molecule has 0 aromatic rings. The maximum Gasteiger partial charge on any atom is 0.315 e. The van der Waals surface area contributed by atoms with Crippen LogP contribution in [0, 0.1) is 28.6 Å². The van der Waals surface area contributed by atoms with Crippen LogP contribution in [0.15, 0.2) is 0 Å². The summed E-state index contributed by atoms with van der Waals surface area (Å²) in [6.07, 6.45) is 2.08. The molecule has 3 fully saturated rings. The number of ether oxygens (including phenoxy) is 1. The van der Waals surface area contributed by atoms with Crippen molar-refractivity contribution in [3.63, 3.8) is 0 Å². The molecule has 0 aromatic heterocycles. The van der Waals surface area contributed by atoms with Crippen molar-refractivity contribution in [1.82, 2.24) is 20.9 Å². The van der Waals surface area contributed by atoms with E-state index in [0.717, 1.165) is 12.8 Å². The Kier molecular flexibility index (Phi) is 9.43. The molecule has 6 atom stereocenters. The van der Waals surface area contributed by atoms with E-state index in [0.29, 0.717) is 0 Å². The van der Waals surface area contributed by atoms with Crippen molar-refractivity contribution < 1.29 is 28.7 Å². The lowest BCUT2D eigenvalue weighted by atomic mass is 9.85. The molecule has 0 radical (unpaired) electrons. The van der Waals surface area contributed by atoms with Crippen molar-refractivity contribution in [2.24, 2.45) is 34.3 Å². The quantitative estimate of drug-likeness (QED) is 0.208. The molecule has 226 valence electrons. The van der Waals surface area contributed by atoms with Crippen LogP contribution in [0.1, 0.15) is 60.8 Å². The summed E-state index contributed by atoms with van der Waals surface area (Å²) in [6, 6.07) is -4.05. The van der Waals surface area contributed by atoms with Gasteiger partial charge in [-0.25, -0.2) is 4.79 Å². The van der Waals surface area contributed by atoms with Gasteiger partial charge >= 0.3 is 6.03 Å². The van der Waals surface area contributed by atoms with E-state index in [2.05, 4.69) is 16.0 Å². The number of Topliss-reactive ketones (excluding diaryl/α,β-unsaturated/α-hetero) is 1. The van der Waals surface area contributed by atoms with Crippen LogP contribution in [0.25, 0.3) is 0 Å². The predicted octanol–water partition coefficient (Wildman–Crippen LogP) is 1.73. The number of hydrogen-bond acceptors (Lipinski definition) is 6. The standard InChI is InChI=1S/C27H43Cl2N5O6/c1-25(2,3)16(12-40-7)32-24(39)33-20(26(4,5)6)23(38)34-11-14-17(27(14,28)29)18(34)22(37)31-15(10-13-8-9-13)19(35)21(30)36/h13-18,20H,8-12H2,1-7H3,(H2,30,36)(H,31,37)(H2,32,33,39)/t14-,15-,16+,17-,18-,20+/m0/s1. The smallest absolute Gasteiger partial charge is 0.315 e. The molecule has 3 rings (SSSR count). The Labute approximate surface area is 245 Å². The molecule has 1 heterocycles. The van der Waals surface area contributed by atoms with Crippen molar-refractivity contribution in [3.05, 3.63) is 0 Å². The first-order valence-electron chi connectivity index (χ1n) is 13.7. The molecule has 11 nitrogen and oxygen atoms in total. The van der Waals surface area contributed by atoms with E-state index in [1.807, 2.05) is 41.5 Å². The van der Waals surface area contributed by atoms with Crippen LogP contribution in [0.5, 0.6) is 0 Å². The van der Waals surface area contributed by atoms with Gasteiger partial charge in [0.25, 0.3) is 5.91 Å².